The monoisotopic (exact) mass is 211 g/mol. The van der Waals surface area contributed by atoms with Crippen LogP contribution in [0, 0.1) is 0 Å². The van der Waals surface area contributed by atoms with Gasteiger partial charge in [0.1, 0.15) is 0 Å². The largest absolute Gasteiger partial charge is 0.322 e. The maximum Gasteiger partial charge on any atom is 0.0312 e. The number of benzene rings is 1. The zero-order valence-corrected chi connectivity index (χ0v) is 9.60. The van der Waals surface area contributed by atoms with E-state index in [2.05, 4.69) is 18.7 Å². The van der Waals surface area contributed by atoms with Crippen molar-refractivity contribution in [3.8, 4) is 0 Å². The smallest absolute Gasteiger partial charge is 0.0312 e. The molecule has 1 nitrogen and oxygen atoms in total. The van der Waals surface area contributed by atoms with Crippen molar-refractivity contribution in [2.45, 2.75) is 25.8 Å². The number of hydrogen-bond donors (Lipinski definition) is 1. The van der Waals surface area contributed by atoms with Gasteiger partial charge in [0, 0.05) is 5.54 Å². The summed E-state index contributed by atoms with van der Waals surface area (Å²) in [6.45, 7) is 7.97. The third kappa shape index (κ3) is 3.95. The standard InChI is InChI=1S/C12H17N.ClH/c1-10(12(2,3)13)9-11-7-5-4-6-8-11;/h4-8H,1,9,13H2,2-3H3;1H. The van der Waals surface area contributed by atoms with Crippen molar-refractivity contribution >= 4 is 12.4 Å². The average molecular weight is 212 g/mol. The van der Waals surface area contributed by atoms with Crippen molar-refractivity contribution in [2.75, 3.05) is 0 Å². The molecule has 0 radical (unpaired) electrons. The van der Waals surface area contributed by atoms with Gasteiger partial charge in [0.15, 0.2) is 0 Å². The fourth-order valence-corrected chi connectivity index (χ4v) is 1.07. The molecule has 0 saturated carbocycles. The van der Waals surface area contributed by atoms with E-state index in [1.807, 2.05) is 32.0 Å². The highest BCUT2D eigenvalue weighted by Crippen LogP contribution is 2.15. The van der Waals surface area contributed by atoms with Crippen molar-refractivity contribution in [3.05, 3.63) is 48.0 Å². The molecule has 0 aliphatic rings. The minimum Gasteiger partial charge on any atom is -0.322 e. The Morgan fingerprint density at radius 2 is 1.79 bits per heavy atom. The fourth-order valence-electron chi connectivity index (χ4n) is 1.07. The molecule has 0 fully saturated rings. The summed E-state index contributed by atoms with van der Waals surface area (Å²) in [7, 11) is 0. The van der Waals surface area contributed by atoms with Gasteiger partial charge < -0.3 is 5.73 Å². The topological polar surface area (TPSA) is 26.0 Å². The summed E-state index contributed by atoms with van der Waals surface area (Å²) in [4.78, 5) is 0. The Morgan fingerprint density at radius 1 is 1.29 bits per heavy atom. The van der Waals surface area contributed by atoms with E-state index < -0.39 is 0 Å². The Morgan fingerprint density at radius 3 is 2.21 bits per heavy atom. The molecule has 2 N–H and O–H groups in total. The molecule has 0 atom stereocenters. The Balaban J connectivity index is 0.00000169. The molecule has 0 amide bonds. The highest BCUT2D eigenvalue weighted by molar-refractivity contribution is 5.85. The van der Waals surface area contributed by atoms with Crippen molar-refractivity contribution in [1.82, 2.24) is 0 Å². The summed E-state index contributed by atoms with van der Waals surface area (Å²) >= 11 is 0. The molecule has 0 aliphatic heterocycles. The van der Waals surface area contributed by atoms with Crippen LogP contribution in [0.15, 0.2) is 42.5 Å². The maximum atomic E-state index is 5.93. The van der Waals surface area contributed by atoms with Gasteiger partial charge >= 0.3 is 0 Å². The Kier molecular flexibility index (Phi) is 4.89. The van der Waals surface area contributed by atoms with Crippen LogP contribution in [0.2, 0.25) is 0 Å². The lowest BCUT2D eigenvalue weighted by atomic mass is 9.91. The maximum absolute atomic E-state index is 5.93. The van der Waals surface area contributed by atoms with E-state index in [-0.39, 0.29) is 17.9 Å². The molecular formula is C12H18ClN. The second kappa shape index (κ2) is 5.18. The second-order valence-electron chi connectivity index (χ2n) is 3.99. The number of hydrogen-bond acceptors (Lipinski definition) is 1. The molecule has 0 saturated heterocycles. The normalized spacial score (nSPS) is 10.5. The zero-order chi connectivity index (χ0) is 9.90. The van der Waals surface area contributed by atoms with E-state index in [1.165, 1.54) is 5.56 Å². The molecule has 0 heterocycles. The van der Waals surface area contributed by atoms with Crippen molar-refractivity contribution in [3.63, 3.8) is 0 Å². The van der Waals surface area contributed by atoms with E-state index in [0.717, 1.165) is 12.0 Å². The van der Waals surface area contributed by atoms with Gasteiger partial charge in [0.05, 0.1) is 0 Å². The van der Waals surface area contributed by atoms with Crippen LogP contribution in [0.4, 0.5) is 0 Å². The summed E-state index contributed by atoms with van der Waals surface area (Å²) < 4.78 is 0. The van der Waals surface area contributed by atoms with Crippen LogP contribution in [0.1, 0.15) is 19.4 Å². The summed E-state index contributed by atoms with van der Waals surface area (Å²) in [6, 6.07) is 10.3. The van der Waals surface area contributed by atoms with Crippen molar-refractivity contribution in [2.24, 2.45) is 5.73 Å². The van der Waals surface area contributed by atoms with E-state index in [9.17, 15) is 0 Å². The lowest BCUT2D eigenvalue weighted by Crippen LogP contribution is -2.34. The van der Waals surface area contributed by atoms with Crippen LogP contribution >= 0.6 is 12.4 Å². The predicted octanol–water partition coefficient (Wildman–Crippen LogP) is 2.94. The van der Waals surface area contributed by atoms with Crippen LogP contribution < -0.4 is 5.73 Å². The summed E-state index contributed by atoms with van der Waals surface area (Å²) in [6.07, 6.45) is 0.865. The number of nitrogens with two attached hydrogens (primary N) is 1. The minimum atomic E-state index is -0.282. The van der Waals surface area contributed by atoms with Crippen LogP contribution in [-0.2, 0) is 6.42 Å². The van der Waals surface area contributed by atoms with E-state index in [4.69, 9.17) is 5.73 Å². The van der Waals surface area contributed by atoms with E-state index in [1.54, 1.807) is 0 Å². The zero-order valence-electron chi connectivity index (χ0n) is 8.79. The van der Waals surface area contributed by atoms with E-state index >= 15 is 0 Å². The Bertz CT molecular complexity index is 285. The predicted molar refractivity (Wildman–Crippen MR) is 64.8 cm³/mol. The van der Waals surface area contributed by atoms with Gasteiger partial charge in [0.25, 0.3) is 0 Å². The molecule has 0 bridgehead atoms. The first-order valence-electron chi connectivity index (χ1n) is 4.51. The minimum absolute atomic E-state index is 0. The molecule has 2 heteroatoms. The summed E-state index contributed by atoms with van der Waals surface area (Å²) in [5.74, 6) is 0. The van der Waals surface area contributed by atoms with Gasteiger partial charge in [-0.1, -0.05) is 42.5 Å². The lowest BCUT2D eigenvalue weighted by molar-refractivity contribution is 0.598. The van der Waals surface area contributed by atoms with Crippen LogP contribution in [0.5, 0.6) is 0 Å². The first kappa shape index (κ1) is 13.2. The molecule has 0 aliphatic carbocycles. The van der Waals surface area contributed by atoms with Gasteiger partial charge in [-0.2, -0.15) is 0 Å². The first-order valence-corrected chi connectivity index (χ1v) is 4.51. The van der Waals surface area contributed by atoms with Gasteiger partial charge in [0.2, 0.25) is 0 Å². The van der Waals surface area contributed by atoms with Crippen LogP contribution in [0.25, 0.3) is 0 Å². The quantitative estimate of drug-likeness (QED) is 0.765. The highest BCUT2D eigenvalue weighted by atomic mass is 35.5. The summed E-state index contributed by atoms with van der Waals surface area (Å²) in [5, 5.41) is 0. The first-order chi connectivity index (χ1) is 6.00. The van der Waals surface area contributed by atoms with Gasteiger partial charge in [-0.05, 0) is 25.8 Å². The molecule has 0 aromatic heterocycles. The van der Waals surface area contributed by atoms with Crippen molar-refractivity contribution in [1.29, 1.82) is 0 Å². The SMILES string of the molecule is C=C(Cc1ccccc1)C(C)(C)N.Cl. The highest BCUT2D eigenvalue weighted by Gasteiger charge is 2.14. The molecule has 0 unspecified atom stereocenters. The van der Waals surface area contributed by atoms with Crippen molar-refractivity contribution < 1.29 is 0 Å². The number of halogens is 1. The third-order valence-corrected chi connectivity index (χ3v) is 2.17. The molecule has 14 heavy (non-hydrogen) atoms. The molecule has 0 spiro atoms. The van der Waals surface area contributed by atoms with Gasteiger partial charge in [-0.15, -0.1) is 12.4 Å². The van der Waals surface area contributed by atoms with E-state index in [0.29, 0.717) is 0 Å². The Hall–Kier alpha value is -0.790. The third-order valence-electron chi connectivity index (χ3n) is 2.17. The molecule has 1 aromatic rings. The fraction of sp³-hybridized carbons (Fsp3) is 0.333. The average Bonchev–Trinajstić information content (AvgIpc) is 2.04. The number of rotatable bonds is 3. The molecule has 1 aromatic carbocycles. The molecular weight excluding hydrogens is 194 g/mol. The van der Waals surface area contributed by atoms with Gasteiger partial charge in [-0.3, -0.25) is 0 Å². The molecule has 1 rings (SSSR count). The van der Waals surface area contributed by atoms with Crippen LogP contribution in [-0.4, -0.2) is 5.54 Å². The lowest BCUT2D eigenvalue weighted by Gasteiger charge is -2.21. The van der Waals surface area contributed by atoms with Crippen LogP contribution in [0.3, 0.4) is 0 Å². The Labute approximate surface area is 92.4 Å². The second-order valence-corrected chi connectivity index (χ2v) is 3.99. The molecule has 78 valence electrons. The van der Waals surface area contributed by atoms with Gasteiger partial charge in [-0.25, -0.2) is 0 Å². The summed E-state index contributed by atoms with van der Waals surface area (Å²) in [5.41, 5.74) is 7.98.